The van der Waals surface area contributed by atoms with Crippen molar-refractivity contribution in [1.29, 1.82) is 0 Å². The second kappa shape index (κ2) is 8.55. The van der Waals surface area contributed by atoms with E-state index in [-0.39, 0.29) is 0 Å². The summed E-state index contributed by atoms with van der Waals surface area (Å²) >= 11 is 0. The normalized spacial score (nSPS) is 16.2. The molecule has 1 aromatic heterocycles. The Bertz CT molecular complexity index is 937. The minimum absolute atomic E-state index is 0.301. The molecule has 0 aliphatic carbocycles. The van der Waals surface area contributed by atoms with Crippen molar-refractivity contribution in [3.8, 4) is 0 Å². The van der Waals surface area contributed by atoms with Gasteiger partial charge < -0.3 is 0 Å². The fraction of sp³-hybridized carbons (Fsp3) is 0.667. The van der Waals surface area contributed by atoms with Crippen molar-refractivity contribution in [3.63, 3.8) is 0 Å². The Balaban J connectivity index is 3.79. The van der Waals surface area contributed by atoms with Gasteiger partial charge in [0.2, 0.25) is 0 Å². The fourth-order valence-corrected chi connectivity index (χ4v) is 2.22. The summed E-state index contributed by atoms with van der Waals surface area (Å²) in [5.41, 5.74) is -6.94. The van der Waals surface area contributed by atoms with Crippen molar-refractivity contribution in [3.05, 3.63) is 29.6 Å². The molecule has 0 aliphatic rings. The molecule has 0 saturated heterocycles. The Morgan fingerprint density at radius 1 is 0.421 bits per heavy atom. The first-order valence-electron chi connectivity index (χ1n) is 8.26. The third-order valence-corrected chi connectivity index (χ3v) is 4.47. The summed E-state index contributed by atoms with van der Waals surface area (Å²) in [6, 6.07) is -1.74. The molecule has 0 amide bonds. The van der Waals surface area contributed by atoms with Crippen LogP contribution in [0.25, 0.3) is 0 Å². The predicted octanol–water partition coefficient (Wildman–Crippen LogP) is 8.00. The molecule has 0 N–H and O–H groups in total. The van der Waals surface area contributed by atoms with E-state index in [0.29, 0.717) is 6.20 Å². The van der Waals surface area contributed by atoms with Crippen molar-refractivity contribution in [2.45, 2.75) is 59.7 Å². The molecular formula is C15H2F22N. The van der Waals surface area contributed by atoms with Crippen LogP contribution < -0.4 is 0 Å². The van der Waals surface area contributed by atoms with Crippen molar-refractivity contribution >= 4 is 0 Å². The monoisotopic (exact) mass is 614 g/mol. The van der Waals surface area contributed by atoms with Crippen LogP contribution in [0, 0.1) is 6.20 Å². The van der Waals surface area contributed by atoms with Crippen LogP contribution in [-0.2, 0) is 11.8 Å². The van der Waals surface area contributed by atoms with Gasteiger partial charge in [0.15, 0.2) is 0 Å². The van der Waals surface area contributed by atoms with E-state index in [1.54, 1.807) is 0 Å². The van der Waals surface area contributed by atoms with Gasteiger partial charge in [-0.05, 0) is 6.07 Å². The third-order valence-electron chi connectivity index (χ3n) is 4.47. The first-order valence-corrected chi connectivity index (χ1v) is 8.26. The first-order chi connectivity index (χ1) is 16.2. The van der Waals surface area contributed by atoms with E-state index in [1.165, 1.54) is 0 Å². The van der Waals surface area contributed by atoms with E-state index >= 15 is 0 Å². The molecule has 0 atom stereocenters. The lowest BCUT2D eigenvalue weighted by Crippen LogP contribution is -2.66. The van der Waals surface area contributed by atoms with E-state index in [2.05, 4.69) is 0 Å². The molecule has 0 spiro atoms. The van der Waals surface area contributed by atoms with Gasteiger partial charge in [-0.2, -0.15) is 96.6 Å². The molecule has 1 radical (unpaired) electrons. The Morgan fingerprint density at radius 2 is 0.737 bits per heavy atom. The molecule has 23 heteroatoms. The maximum absolute atomic E-state index is 14.0. The summed E-state index contributed by atoms with van der Waals surface area (Å²) in [5, 5.41) is 0. The zero-order valence-corrected chi connectivity index (χ0v) is 16.4. The quantitative estimate of drug-likeness (QED) is 0.271. The highest BCUT2D eigenvalue weighted by molar-refractivity contribution is 5.30. The third kappa shape index (κ3) is 4.26. The number of nitrogens with zero attached hydrogens (tertiary/aromatic N) is 1. The standard InChI is InChI=1S/C15H2F22N/c16-6(17,8(20,21)10(24,25)12(28,29)14(32,33)34)4-1-5(3-38-2-4)7(18,19)9(22,23)11(26,27)13(30,31)15(35,36)37/h1-2H. The van der Waals surface area contributed by atoms with Crippen molar-refractivity contribution in [2.75, 3.05) is 0 Å². The number of hydrogen-bond acceptors (Lipinski definition) is 1. The van der Waals surface area contributed by atoms with Crippen LogP contribution in [0.4, 0.5) is 96.6 Å². The lowest BCUT2D eigenvalue weighted by molar-refractivity contribution is -0.425. The minimum Gasteiger partial charge on any atom is -0.254 e. The summed E-state index contributed by atoms with van der Waals surface area (Å²) in [5.74, 6) is -62.9. The molecule has 1 rings (SSSR count). The van der Waals surface area contributed by atoms with Crippen LogP contribution in [0.1, 0.15) is 11.1 Å². The van der Waals surface area contributed by atoms with Crippen LogP contribution in [0.5, 0.6) is 0 Å². The van der Waals surface area contributed by atoms with Gasteiger partial charge in [0.1, 0.15) is 0 Å². The van der Waals surface area contributed by atoms with Crippen LogP contribution in [0.15, 0.2) is 12.3 Å². The van der Waals surface area contributed by atoms with Crippen molar-refractivity contribution in [2.24, 2.45) is 0 Å². The van der Waals surface area contributed by atoms with E-state index in [9.17, 15) is 96.6 Å². The summed E-state index contributed by atoms with van der Waals surface area (Å²) in [6.45, 7) is 0. The molecule has 0 unspecified atom stereocenters. The van der Waals surface area contributed by atoms with E-state index in [0.717, 1.165) is 0 Å². The van der Waals surface area contributed by atoms with Crippen LogP contribution >= 0.6 is 0 Å². The van der Waals surface area contributed by atoms with Crippen LogP contribution in [0.3, 0.4) is 0 Å². The molecule has 221 valence electrons. The molecule has 1 heterocycles. The van der Waals surface area contributed by atoms with Crippen molar-refractivity contribution < 1.29 is 96.6 Å². The molecule has 1 nitrogen and oxygen atoms in total. The number of aromatic nitrogens is 1. The van der Waals surface area contributed by atoms with E-state index < -0.39 is 83.1 Å². The molecule has 0 bridgehead atoms. The van der Waals surface area contributed by atoms with E-state index in [1.807, 2.05) is 4.98 Å². The maximum Gasteiger partial charge on any atom is 0.460 e. The summed E-state index contributed by atoms with van der Waals surface area (Å²) in [6.07, 6.45) is -16.2. The lowest BCUT2D eigenvalue weighted by atomic mass is 9.90. The molecule has 0 aromatic carbocycles. The van der Waals surface area contributed by atoms with Gasteiger partial charge in [0.05, 0.1) is 11.8 Å². The highest BCUT2D eigenvalue weighted by Gasteiger charge is 2.89. The van der Waals surface area contributed by atoms with Gasteiger partial charge in [0, 0.05) is 11.8 Å². The summed E-state index contributed by atoms with van der Waals surface area (Å²) in [4.78, 5) is 1.87. The molecule has 1 aromatic rings. The average molecular weight is 614 g/mol. The minimum atomic E-state index is -8.18. The second-order valence-corrected chi connectivity index (χ2v) is 6.97. The SMILES string of the molecule is FC(F)(F)C(F)(F)C(F)(F)C(F)(F)C(F)(F)c1[c]ncc(C(F)(F)C(F)(F)C(F)(F)C(F)(F)C(F)(F)F)c1. The van der Waals surface area contributed by atoms with Gasteiger partial charge in [-0.25, -0.2) is 0 Å². The molecule has 0 saturated carbocycles. The average Bonchev–Trinajstić information content (AvgIpc) is 2.71. The molecule has 0 aliphatic heterocycles. The smallest absolute Gasteiger partial charge is 0.254 e. The summed E-state index contributed by atoms with van der Waals surface area (Å²) in [7, 11) is 0. The van der Waals surface area contributed by atoms with Crippen LogP contribution in [-0.4, -0.2) is 52.9 Å². The van der Waals surface area contributed by atoms with Gasteiger partial charge in [-0.15, -0.1) is 0 Å². The number of hydrogen-bond donors (Lipinski definition) is 0. The zero-order valence-electron chi connectivity index (χ0n) is 16.4. The summed E-state index contributed by atoms with van der Waals surface area (Å²) < 4.78 is 287. The Hall–Kier alpha value is -2.39. The Labute approximate surface area is 192 Å². The Morgan fingerprint density at radius 3 is 1.05 bits per heavy atom. The number of alkyl halides is 22. The van der Waals surface area contributed by atoms with E-state index in [4.69, 9.17) is 0 Å². The molecule has 0 fully saturated rings. The van der Waals surface area contributed by atoms with Gasteiger partial charge in [-0.1, -0.05) is 0 Å². The highest BCUT2D eigenvalue weighted by atomic mass is 19.4. The highest BCUT2D eigenvalue weighted by Crippen LogP contribution is 2.62. The molecule has 38 heavy (non-hydrogen) atoms. The number of pyridine rings is 1. The zero-order chi connectivity index (χ0) is 31.0. The second-order valence-electron chi connectivity index (χ2n) is 6.97. The molecular weight excluding hydrogens is 612 g/mol. The topological polar surface area (TPSA) is 12.9 Å². The lowest BCUT2D eigenvalue weighted by Gasteiger charge is -2.38. The first kappa shape index (κ1) is 33.6. The van der Waals surface area contributed by atoms with Crippen molar-refractivity contribution in [1.82, 2.24) is 4.98 Å². The van der Waals surface area contributed by atoms with Gasteiger partial charge >= 0.3 is 59.7 Å². The fourth-order valence-electron chi connectivity index (χ4n) is 2.22. The number of rotatable bonds is 8. The maximum atomic E-state index is 14.0. The Kier molecular flexibility index (Phi) is 7.57. The van der Waals surface area contributed by atoms with Crippen LogP contribution in [0.2, 0.25) is 0 Å². The van der Waals surface area contributed by atoms with Gasteiger partial charge in [0.25, 0.3) is 0 Å². The predicted molar refractivity (Wildman–Crippen MR) is 72.7 cm³/mol. The largest absolute Gasteiger partial charge is 0.460 e. The number of halogens is 22. The van der Waals surface area contributed by atoms with Gasteiger partial charge in [-0.3, -0.25) is 4.98 Å².